The Hall–Kier alpha value is -1.88. The summed E-state index contributed by atoms with van der Waals surface area (Å²) in [6, 6.07) is 5.55. The lowest BCUT2D eigenvalue weighted by Gasteiger charge is -2.28. The van der Waals surface area contributed by atoms with Crippen LogP contribution in [0.4, 0.5) is 4.39 Å². The zero-order valence-electron chi connectivity index (χ0n) is 14.9. The predicted octanol–water partition coefficient (Wildman–Crippen LogP) is 2.58. The molecule has 1 aromatic carbocycles. The topological polar surface area (TPSA) is 69.9 Å². The number of aliphatic imine (C=N–C) groups is 1. The van der Waals surface area contributed by atoms with Crippen LogP contribution >= 0.6 is 22.6 Å². The molecule has 26 heavy (non-hydrogen) atoms. The Kier molecular flexibility index (Phi) is 5.66. The van der Waals surface area contributed by atoms with E-state index in [9.17, 15) is 4.39 Å². The molecule has 0 radical (unpaired) electrons. The van der Waals surface area contributed by atoms with E-state index < -0.39 is 12.4 Å². The van der Waals surface area contributed by atoms with Crippen LogP contribution in [-0.2, 0) is 18.3 Å². The van der Waals surface area contributed by atoms with Gasteiger partial charge < -0.3 is 19.5 Å². The number of ether oxygens (including phenoxy) is 3. The normalized spacial score (nSPS) is 20.6. The van der Waals surface area contributed by atoms with E-state index in [1.807, 2.05) is 12.1 Å². The lowest BCUT2D eigenvalue weighted by Crippen LogP contribution is -2.45. The summed E-state index contributed by atoms with van der Waals surface area (Å²) < 4.78 is 32.8. The molecule has 3 rings (SSSR count). The van der Waals surface area contributed by atoms with Gasteiger partial charge in [-0.15, -0.1) is 0 Å². The first-order valence-electron chi connectivity index (χ1n) is 7.91. The Bertz CT molecular complexity index is 840. The van der Waals surface area contributed by atoms with Crippen LogP contribution in [0, 0.1) is 3.70 Å². The van der Waals surface area contributed by atoms with Gasteiger partial charge >= 0.3 is 0 Å². The van der Waals surface area contributed by atoms with Gasteiger partial charge in [-0.1, -0.05) is 0 Å². The molecule has 1 aliphatic heterocycles. The molecule has 2 atom stereocenters. The van der Waals surface area contributed by atoms with Crippen LogP contribution in [0.3, 0.4) is 0 Å². The summed E-state index contributed by atoms with van der Waals surface area (Å²) in [6.45, 7) is 0.354. The van der Waals surface area contributed by atoms with Gasteiger partial charge in [0.05, 0.1) is 32.0 Å². The molecule has 0 bridgehead atoms. The van der Waals surface area contributed by atoms with Gasteiger partial charge in [0.25, 0.3) is 0 Å². The summed E-state index contributed by atoms with van der Waals surface area (Å²) in [5, 5.41) is 7.34. The van der Waals surface area contributed by atoms with Gasteiger partial charge in [0, 0.05) is 25.8 Å². The van der Waals surface area contributed by atoms with E-state index in [-0.39, 0.29) is 0 Å². The second-order valence-corrected chi connectivity index (χ2v) is 6.74. The molecule has 0 amide bonds. The molecule has 140 valence electrons. The molecule has 2 aromatic rings. The number of benzene rings is 1. The van der Waals surface area contributed by atoms with Crippen LogP contribution in [0.2, 0.25) is 0 Å². The Balaban J connectivity index is 1.98. The van der Waals surface area contributed by atoms with Crippen molar-refractivity contribution in [1.29, 1.82) is 0 Å². The van der Waals surface area contributed by atoms with Crippen molar-refractivity contribution in [2.75, 3.05) is 21.3 Å². The fraction of sp³-hybridized carbons (Fsp3) is 0.412. The number of hydrogen-bond acceptors (Lipinski definition) is 5. The molecule has 7 nitrogen and oxygen atoms in total. The smallest absolute Gasteiger partial charge is 0.187 e. The Morgan fingerprint density at radius 1 is 1.31 bits per heavy atom. The maximum Gasteiger partial charge on any atom is 0.187 e. The molecule has 1 aromatic heterocycles. The summed E-state index contributed by atoms with van der Waals surface area (Å²) in [4.78, 5) is 4.65. The summed E-state index contributed by atoms with van der Waals surface area (Å²) in [5.41, 5.74) is 2.02. The van der Waals surface area contributed by atoms with Crippen molar-refractivity contribution in [2.24, 2.45) is 12.0 Å². The SMILES string of the molecule is COc1ccc(CN=C2NC(OC)C(F)c3c2c(I)nn3C)c(OC)c1. The lowest BCUT2D eigenvalue weighted by atomic mass is 10.1. The minimum Gasteiger partial charge on any atom is -0.497 e. The number of amidine groups is 1. The van der Waals surface area contributed by atoms with Crippen molar-refractivity contribution in [2.45, 2.75) is 18.9 Å². The zero-order chi connectivity index (χ0) is 18.8. The molecular weight excluding hydrogens is 454 g/mol. The van der Waals surface area contributed by atoms with Crippen LogP contribution in [0.5, 0.6) is 11.5 Å². The first-order chi connectivity index (χ1) is 12.5. The second kappa shape index (κ2) is 7.78. The summed E-state index contributed by atoms with van der Waals surface area (Å²) >= 11 is 2.08. The summed E-state index contributed by atoms with van der Waals surface area (Å²) in [5.74, 6) is 1.94. The quantitative estimate of drug-likeness (QED) is 0.675. The van der Waals surface area contributed by atoms with E-state index in [1.54, 1.807) is 27.3 Å². The predicted molar refractivity (Wildman–Crippen MR) is 103 cm³/mol. The number of rotatable bonds is 5. The molecule has 0 aliphatic carbocycles. The van der Waals surface area contributed by atoms with Crippen molar-refractivity contribution in [1.82, 2.24) is 15.1 Å². The number of nitrogens with zero attached hydrogens (tertiary/aromatic N) is 3. The number of methoxy groups -OCH3 is 3. The highest BCUT2D eigenvalue weighted by Crippen LogP contribution is 2.33. The first kappa shape index (κ1) is 18.9. The third-order valence-electron chi connectivity index (χ3n) is 4.25. The highest BCUT2D eigenvalue weighted by atomic mass is 127. The van der Waals surface area contributed by atoms with Crippen LogP contribution < -0.4 is 14.8 Å². The number of aromatic nitrogens is 2. The third-order valence-corrected chi connectivity index (χ3v) is 5.00. The van der Waals surface area contributed by atoms with E-state index in [4.69, 9.17) is 14.2 Å². The molecule has 1 aliphatic rings. The maximum absolute atomic E-state index is 14.7. The third kappa shape index (κ3) is 3.37. The minimum absolute atomic E-state index is 0.354. The van der Waals surface area contributed by atoms with Crippen LogP contribution in [0.15, 0.2) is 23.2 Å². The molecule has 0 fully saturated rings. The van der Waals surface area contributed by atoms with Gasteiger partial charge in [-0.25, -0.2) is 4.39 Å². The number of fused-ring (bicyclic) bond motifs is 1. The van der Waals surface area contributed by atoms with E-state index in [0.29, 0.717) is 38.8 Å². The molecule has 9 heteroatoms. The van der Waals surface area contributed by atoms with Gasteiger partial charge in [0.2, 0.25) is 0 Å². The van der Waals surface area contributed by atoms with Crippen molar-refractivity contribution >= 4 is 28.4 Å². The first-order valence-corrected chi connectivity index (χ1v) is 8.99. The number of hydrogen-bond donors (Lipinski definition) is 1. The van der Waals surface area contributed by atoms with E-state index >= 15 is 0 Å². The van der Waals surface area contributed by atoms with Gasteiger partial charge in [0.1, 0.15) is 21.0 Å². The van der Waals surface area contributed by atoms with E-state index in [1.165, 1.54) is 11.8 Å². The second-order valence-electron chi connectivity index (χ2n) is 5.72. The molecule has 0 saturated heterocycles. The fourth-order valence-corrected chi connectivity index (χ4v) is 3.77. The minimum atomic E-state index is -1.33. The van der Waals surface area contributed by atoms with Crippen molar-refractivity contribution < 1.29 is 18.6 Å². The largest absolute Gasteiger partial charge is 0.497 e. The summed E-state index contributed by atoms with van der Waals surface area (Å²) in [7, 11) is 6.38. The molecular formula is C17H20FIN4O3. The zero-order valence-corrected chi connectivity index (χ0v) is 17.1. The van der Waals surface area contributed by atoms with E-state index in [2.05, 4.69) is 38.0 Å². The monoisotopic (exact) mass is 474 g/mol. The fourth-order valence-electron chi connectivity index (χ4n) is 2.91. The molecule has 0 spiro atoms. The number of halogens is 2. The van der Waals surface area contributed by atoms with Gasteiger partial charge in [-0.3, -0.25) is 9.67 Å². The lowest BCUT2D eigenvalue weighted by molar-refractivity contribution is 0.0147. The van der Waals surface area contributed by atoms with Crippen molar-refractivity contribution in [3.63, 3.8) is 0 Å². The highest BCUT2D eigenvalue weighted by Gasteiger charge is 2.37. The highest BCUT2D eigenvalue weighted by molar-refractivity contribution is 14.1. The average Bonchev–Trinajstić information content (AvgIpc) is 2.96. The standard InChI is InChI=1S/C17H20FIN4O3/c1-23-14-12(15(19)22-23)16(21-17(26-4)13(14)18)20-8-9-5-6-10(24-2)7-11(9)25-3/h5-7,13,17H,8H2,1-4H3,(H,20,21). The number of alkyl halides is 1. The maximum atomic E-state index is 14.7. The number of aryl methyl sites for hydroxylation is 1. The van der Waals surface area contributed by atoms with Gasteiger partial charge in [-0.05, 0) is 34.7 Å². The molecule has 1 N–H and O–H groups in total. The van der Waals surface area contributed by atoms with Crippen molar-refractivity contribution in [3.05, 3.63) is 38.7 Å². The van der Waals surface area contributed by atoms with Crippen LogP contribution in [0.25, 0.3) is 0 Å². The van der Waals surface area contributed by atoms with Crippen LogP contribution in [0.1, 0.15) is 23.0 Å². The Morgan fingerprint density at radius 3 is 2.73 bits per heavy atom. The average molecular weight is 474 g/mol. The Labute approximate surface area is 164 Å². The molecule has 0 saturated carbocycles. The summed E-state index contributed by atoms with van der Waals surface area (Å²) in [6.07, 6.45) is -2.14. The number of nitrogens with one attached hydrogen (secondary N) is 1. The van der Waals surface area contributed by atoms with E-state index in [0.717, 1.165) is 5.56 Å². The van der Waals surface area contributed by atoms with Gasteiger partial charge in [0.15, 0.2) is 12.4 Å². The molecule has 2 unspecified atom stereocenters. The van der Waals surface area contributed by atoms with Crippen LogP contribution in [-0.4, -0.2) is 43.2 Å². The molecule has 2 heterocycles. The van der Waals surface area contributed by atoms with Crippen molar-refractivity contribution in [3.8, 4) is 11.5 Å². The van der Waals surface area contributed by atoms with Gasteiger partial charge in [-0.2, -0.15) is 5.10 Å². The Morgan fingerprint density at radius 2 is 2.08 bits per heavy atom.